The smallest absolute Gasteiger partial charge is 0.408 e. The molecule has 0 aliphatic carbocycles. The van der Waals surface area contributed by atoms with Crippen LogP contribution in [0.25, 0.3) is 0 Å². The SMILES string of the molecule is CCC(C)C(C)n1cncc1[C@H](C)NC(=O)OC(C)(C)C. The molecule has 1 aromatic heterocycles. The maximum Gasteiger partial charge on any atom is 0.408 e. The Hall–Kier alpha value is -1.52. The van der Waals surface area contributed by atoms with Crippen LogP contribution in [0.15, 0.2) is 12.5 Å². The lowest BCUT2D eigenvalue weighted by Gasteiger charge is -2.26. The number of amides is 1. The topological polar surface area (TPSA) is 56.2 Å². The second-order valence-corrected chi connectivity index (χ2v) is 6.72. The van der Waals surface area contributed by atoms with Crippen LogP contribution in [0.5, 0.6) is 0 Å². The van der Waals surface area contributed by atoms with Crippen molar-refractivity contribution in [3.05, 3.63) is 18.2 Å². The quantitative estimate of drug-likeness (QED) is 0.890. The zero-order valence-electron chi connectivity index (χ0n) is 14.3. The van der Waals surface area contributed by atoms with Crippen molar-refractivity contribution in [2.24, 2.45) is 5.92 Å². The molecular weight excluding hydrogens is 266 g/mol. The van der Waals surface area contributed by atoms with E-state index >= 15 is 0 Å². The Bertz CT molecular complexity index is 462. The van der Waals surface area contributed by atoms with Crippen LogP contribution >= 0.6 is 0 Å². The van der Waals surface area contributed by atoms with E-state index in [9.17, 15) is 4.79 Å². The van der Waals surface area contributed by atoms with Crippen molar-refractivity contribution in [1.82, 2.24) is 14.9 Å². The fourth-order valence-corrected chi connectivity index (χ4v) is 2.16. The Kier molecular flexibility index (Phi) is 5.81. The summed E-state index contributed by atoms with van der Waals surface area (Å²) in [5.74, 6) is 0.548. The van der Waals surface area contributed by atoms with E-state index in [1.165, 1.54) is 0 Å². The van der Waals surface area contributed by atoms with Gasteiger partial charge in [-0.25, -0.2) is 9.78 Å². The number of aromatic nitrogens is 2. The van der Waals surface area contributed by atoms with Crippen LogP contribution in [0.2, 0.25) is 0 Å². The van der Waals surface area contributed by atoms with Gasteiger partial charge in [0.25, 0.3) is 0 Å². The van der Waals surface area contributed by atoms with Gasteiger partial charge in [0.05, 0.1) is 24.3 Å². The van der Waals surface area contributed by atoms with E-state index < -0.39 is 11.7 Å². The fraction of sp³-hybridized carbons (Fsp3) is 0.750. The monoisotopic (exact) mass is 295 g/mol. The number of rotatable bonds is 5. The van der Waals surface area contributed by atoms with Crippen molar-refractivity contribution >= 4 is 6.09 Å². The molecule has 2 unspecified atom stereocenters. The number of nitrogens with one attached hydrogen (secondary N) is 1. The molecule has 0 saturated carbocycles. The van der Waals surface area contributed by atoms with Gasteiger partial charge in [-0.05, 0) is 40.5 Å². The van der Waals surface area contributed by atoms with Gasteiger partial charge in [-0.15, -0.1) is 0 Å². The predicted molar refractivity (Wildman–Crippen MR) is 84.2 cm³/mol. The third-order valence-electron chi connectivity index (χ3n) is 3.78. The number of alkyl carbamates (subject to hydrolysis) is 1. The molecule has 5 nitrogen and oxygen atoms in total. The second-order valence-electron chi connectivity index (χ2n) is 6.72. The van der Waals surface area contributed by atoms with Crippen LogP contribution < -0.4 is 5.32 Å². The first-order valence-electron chi connectivity index (χ1n) is 7.67. The number of hydrogen-bond donors (Lipinski definition) is 1. The second kappa shape index (κ2) is 6.96. The summed E-state index contributed by atoms with van der Waals surface area (Å²) in [5, 5.41) is 2.87. The van der Waals surface area contributed by atoms with Crippen molar-refractivity contribution in [2.45, 2.75) is 72.6 Å². The molecule has 0 saturated heterocycles. The van der Waals surface area contributed by atoms with Crippen LogP contribution in [0.4, 0.5) is 4.79 Å². The molecule has 5 heteroatoms. The number of carbonyl (C=O) groups is 1. The van der Waals surface area contributed by atoms with Crippen LogP contribution in [0.1, 0.15) is 72.7 Å². The molecule has 0 fully saturated rings. The Morgan fingerprint density at radius 2 is 2.00 bits per heavy atom. The number of imidazole rings is 1. The summed E-state index contributed by atoms with van der Waals surface area (Å²) in [7, 11) is 0. The van der Waals surface area contributed by atoms with E-state index in [1.807, 2.05) is 34.0 Å². The van der Waals surface area contributed by atoms with E-state index in [4.69, 9.17) is 4.74 Å². The maximum atomic E-state index is 11.9. The Morgan fingerprint density at radius 3 is 2.52 bits per heavy atom. The summed E-state index contributed by atoms with van der Waals surface area (Å²) >= 11 is 0. The fourth-order valence-electron chi connectivity index (χ4n) is 2.16. The Labute approximate surface area is 128 Å². The molecule has 0 aliphatic heterocycles. The van der Waals surface area contributed by atoms with Crippen LogP contribution in [-0.4, -0.2) is 21.2 Å². The van der Waals surface area contributed by atoms with Gasteiger partial charge in [0, 0.05) is 6.04 Å². The molecule has 0 radical (unpaired) electrons. The van der Waals surface area contributed by atoms with Gasteiger partial charge in [0.2, 0.25) is 0 Å². The van der Waals surface area contributed by atoms with Gasteiger partial charge in [-0.1, -0.05) is 20.3 Å². The van der Waals surface area contributed by atoms with E-state index in [2.05, 4.69) is 35.6 Å². The highest BCUT2D eigenvalue weighted by atomic mass is 16.6. The van der Waals surface area contributed by atoms with Gasteiger partial charge >= 0.3 is 6.09 Å². The number of carbonyl (C=O) groups excluding carboxylic acids is 1. The summed E-state index contributed by atoms with van der Waals surface area (Å²) in [5.41, 5.74) is 0.502. The minimum atomic E-state index is -0.492. The van der Waals surface area contributed by atoms with Crippen LogP contribution in [0.3, 0.4) is 0 Å². The molecule has 1 heterocycles. The van der Waals surface area contributed by atoms with Gasteiger partial charge in [-0.2, -0.15) is 0 Å². The number of hydrogen-bond acceptors (Lipinski definition) is 3. The van der Waals surface area contributed by atoms with Crippen molar-refractivity contribution in [2.75, 3.05) is 0 Å². The summed E-state index contributed by atoms with van der Waals surface area (Å²) in [6, 6.07) is 0.198. The first-order valence-corrected chi connectivity index (χ1v) is 7.67. The zero-order chi connectivity index (χ0) is 16.2. The highest BCUT2D eigenvalue weighted by molar-refractivity contribution is 5.68. The molecule has 21 heavy (non-hydrogen) atoms. The molecular formula is C16H29N3O2. The number of nitrogens with zero attached hydrogens (tertiary/aromatic N) is 2. The summed E-state index contributed by atoms with van der Waals surface area (Å²) < 4.78 is 7.43. The molecule has 1 aromatic rings. The third kappa shape index (κ3) is 5.06. The molecule has 1 rings (SSSR count). The molecule has 0 aliphatic rings. The maximum absolute atomic E-state index is 11.9. The highest BCUT2D eigenvalue weighted by Crippen LogP contribution is 2.24. The van der Waals surface area contributed by atoms with Gasteiger partial charge in [-0.3, -0.25) is 0 Å². The lowest BCUT2D eigenvalue weighted by atomic mass is 10.0. The molecule has 0 aromatic carbocycles. The Balaban J connectivity index is 2.78. The largest absolute Gasteiger partial charge is 0.444 e. The standard InChI is InChI=1S/C16H29N3O2/c1-8-11(2)13(4)19-10-17-9-14(19)12(3)18-15(20)21-16(5,6)7/h9-13H,8H2,1-7H3,(H,18,20)/t11?,12-,13?/m0/s1. The van der Waals surface area contributed by atoms with E-state index in [0.29, 0.717) is 12.0 Å². The minimum absolute atomic E-state index is 0.145. The number of ether oxygens (including phenoxy) is 1. The molecule has 120 valence electrons. The zero-order valence-corrected chi connectivity index (χ0v) is 14.3. The average molecular weight is 295 g/mol. The molecule has 3 atom stereocenters. The summed E-state index contributed by atoms with van der Waals surface area (Å²) in [6.07, 6.45) is 4.34. The predicted octanol–water partition coefficient (Wildman–Crippen LogP) is 4.08. The van der Waals surface area contributed by atoms with Crippen molar-refractivity contribution < 1.29 is 9.53 Å². The molecule has 0 spiro atoms. The van der Waals surface area contributed by atoms with Gasteiger partial charge in [0.15, 0.2) is 0 Å². The first-order chi connectivity index (χ1) is 9.65. The van der Waals surface area contributed by atoms with Gasteiger partial charge in [0.1, 0.15) is 5.60 Å². The van der Waals surface area contributed by atoms with Crippen LogP contribution in [-0.2, 0) is 4.74 Å². The average Bonchev–Trinajstić information content (AvgIpc) is 2.83. The van der Waals surface area contributed by atoms with E-state index in [1.54, 1.807) is 6.20 Å². The summed E-state index contributed by atoms with van der Waals surface area (Å²) in [4.78, 5) is 16.1. The lowest BCUT2D eigenvalue weighted by molar-refractivity contribution is 0.0505. The first kappa shape index (κ1) is 17.5. The highest BCUT2D eigenvalue weighted by Gasteiger charge is 2.22. The van der Waals surface area contributed by atoms with Gasteiger partial charge < -0.3 is 14.6 Å². The molecule has 0 bridgehead atoms. The van der Waals surface area contributed by atoms with Crippen molar-refractivity contribution in [3.63, 3.8) is 0 Å². The van der Waals surface area contributed by atoms with E-state index in [0.717, 1.165) is 12.1 Å². The molecule has 1 N–H and O–H groups in total. The van der Waals surface area contributed by atoms with Crippen molar-refractivity contribution in [1.29, 1.82) is 0 Å². The molecule has 1 amide bonds. The third-order valence-corrected chi connectivity index (χ3v) is 3.78. The normalized spacial score (nSPS) is 16.1. The Morgan fingerprint density at radius 1 is 1.38 bits per heavy atom. The summed E-state index contributed by atoms with van der Waals surface area (Å²) in [6.45, 7) is 14.1. The van der Waals surface area contributed by atoms with E-state index in [-0.39, 0.29) is 6.04 Å². The van der Waals surface area contributed by atoms with Crippen LogP contribution in [0, 0.1) is 5.92 Å². The van der Waals surface area contributed by atoms with Crippen molar-refractivity contribution in [3.8, 4) is 0 Å². The minimum Gasteiger partial charge on any atom is -0.444 e. The lowest BCUT2D eigenvalue weighted by Crippen LogP contribution is -2.35.